The second-order valence-electron chi connectivity index (χ2n) is 3.10. The van der Waals surface area contributed by atoms with Gasteiger partial charge >= 0.3 is 11.7 Å². The van der Waals surface area contributed by atoms with E-state index in [1.165, 1.54) is 23.3 Å². The van der Waals surface area contributed by atoms with Crippen LogP contribution in [-0.2, 0) is 0 Å². The van der Waals surface area contributed by atoms with Crippen molar-refractivity contribution < 1.29 is 14.8 Å². The maximum Gasteiger partial charge on any atom is 0.337 e. The minimum absolute atomic E-state index is 0.0255. The molecule has 0 atom stereocenters. The molecule has 0 aliphatic heterocycles. The molecule has 0 spiro atoms. The van der Waals surface area contributed by atoms with Gasteiger partial charge in [-0.15, -0.1) is 0 Å². The van der Waals surface area contributed by atoms with Crippen molar-refractivity contribution in [3.05, 3.63) is 46.7 Å². The van der Waals surface area contributed by atoms with E-state index in [1.54, 1.807) is 0 Å². The second-order valence-corrected chi connectivity index (χ2v) is 3.10. The number of carboxylic acids is 1. The minimum atomic E-state index is -1.27. The van der Waals surface area contributed by atoms with Gasteiger partial charge in [-0.05, 0) is 0 Å². The highest BCUT2D eigenvalue weighted by Crippen LogP contribution is 2.21. The molecule has 2 rings (SSSR count). The fourth-order valence-electron chi connectivity index (χ4n) is 1.28. The van der Waals surface area contributed by atoms with E-state index < -0.39 is 10.9 Å². The fraction of sp³-hybridized carbons (Fsp3) is 0. The zero-order valence-corrected chi connectivity index (χ0v) is 8.35. The van der Waals surface area contributed by atoms with Crippen LogP contribution in [0.4, 0.5) is 5.69 Å². The van der Waals surface area contributed by atoms with Crippen LogP contribution in [0.3, 0.4) is 0 Å². The normalized spacial score (nSPS) is 10.1. The molecule has 0 bridgehead atoms. The van der Waals surface area contributed by atoms with E-state index in [0.717, 1.165) is 12.3 Å². The van der Waals surface area contributed by atoms with Gasteiger partial charge in [0.15, 0.2) is 0 Å². The molecule has 0 saturated heterocycles. The maximum absolute atomic E-state index is 10.8. The van der Waals surface area contributed by atoms with Crippen LogP contribution in [0.5, 0.6) is 0 Å². The number of aromatic nitrogens is 3. The molecule has 2 aromatic rings. The number of hydrogen-bond acceptors (Lipinski definition) is 5. The Balaban J connectivity index is 2.61. The standard InChI is InChI=1S/C9H6N4O4/c14-9(15)6-3-7(13(16)17)8(11-4-6)12-2-1-10-5-12/h1-5H,(H,14,15). The lowest BCUT2D eigenvalue weighted by molar-refractivity contribution is -0.384. The summed E-state index contributed by atoms with van der Waals surface area (Å²) < 4.78 is 1.34. The predicted molar refractivity (Wildman–Crippen MR) is 55.0 cm³/mol. The average Bonchev–Trinajstić information content (AvgIpc) is 2.81. The van der Waals surface area contributed by atoms with Crippen molar-refractivity contribution in [2.75, 3.05) is 0 Å². The summed E-state index contributed by atoms with van der Waals surface area (Å²) in [4.78, 5) is 28.3. The summed E-state index contributed by atoms with van der Waals surface area (Å²) in [6.45, 7) is 0. The average molecular weight is 234 g/mol. The van der Waals surface area contributed by atoms with Gasteiger partial charge in [0.2, 0.25) is 5.82 Å². The molecule has 8 heteroatoms. The maximum atomic E-state index is 10.8. The lowest BCUT2D eigenvalue weighted by Crippen LogP contribution is -2.05. The number of hydrogen-bond donors (Lipinski definition) is 1. The Labute approximate surface area is 94.3 Å². The van der Waals surface area contributed by atoms with Gasteiger partial charge in [-0.25, -0.2) is 14.8 Å². The van der Waals surface area contributed by atoms with Crippen molar-refractivity contribution in [2.24, 2.45) is 0 Å². The van der Waals surface area contributed by atoms with E-state index in [4.69, 9.17) is 5.11 Å². The SMILES string of the molecule is O=C(O)c1cnc(-n2ccnc2)c([N+](=O)[O-])c1. The van der Waals surface area contributed by atoms with Gasteiger partial charge in [-0.2, -0.15) is 0 Å². The van der Waals surface area contributed by atoms with Crippen LogP contribution in [0.15, 0.2) is 31.0 Å². The summed E-state index contributed by atoms with van der Waals surface area (Å²) in [6.07, 6.45) is 5.33. The van der Waals surface area contributed by atoms with Gasteiger partial charge in [0.1, 0.15) is 6.33 Å². The quantitative estimate of drug-likeness (QED) is 0.623. The summed E-state index contributed by atoms with van der Waals surface area (Å²) in [5, 5.41) is 19.6. The molecule has 17 heavy (non-hydrogen) atoms. The minimum Gasteiger partial charge on any atom is -0.478 e. The van der Waals surface area contributed by atoms with Crippen molar-refractivity contribution in [3.8, 4) is 5.82 Å². The zero-order chi connectivity index (χ0) is 12.4. The first kappa shape index (κ1) is 10.7. The van der Waals surface area contributed by atoms with E-state index >= 15 is 0 Å². The van der Waals surface area contributed by atoms with E-state index in [0.29, 0.717) is 0 Å². The molecule has 86 valence electrons. The van der Waals surface area contributed by atoms with E-state index in [9.17, 15) is 14.9 Å². The fourth-order valence-corrected chi connectivity index (χ4v) is 1.28. The highest BCUT2D eigenvalue weighted by molar-refractivity contribution is 5.88. The topological polar surface area (TPSA) is 111 Å². The van der Waals surface area contributed by atoms with Crippen molar-refractivity contribution in [1.29, 1.82) is 0 Å². The van der Waals surface area contributed by atoms with E-state index in [-0.39, 0.29) is 17.1 Å². The van der Waals surface area contributed by atoms with Crippen molar-refractivity contribution in [3.63, 3.8) is 0 Å². The van der Waals surface area contributed by atoms with Gasteiger partial charge in [-0.1, -0.05) is 0 Å². The smallest absolute Gasteiger partial charge is 0.337 e. The summed E-state index contributed by atoms with van der Waals surface area (Å²) in [7, 11) is 0. The molecule has 0 aromatic carbocycles. The molecule has 0 aliphatic rings. The van der Waals surface area contributed by atoms with Crippen molar-refractivity contribution in [2.45, 2.75) is 0 Å². The second kappa shape index (κ2) is 4.00. The van der Waals surface area contributed by atoms with Crippen LogP contribution in [-0.4, -0.2) is 30.5 Å². The molecule has 2 aromatic heterocycles. The van der Waals surface area contributed by atoms with E-state index in [2.05, 4.69) is 9.97 Å². The van der Waals surface area contributed by atoms with Gasteiger partial charge in [0.25, 0.3) is 0 Å². The Morgan fingerprint density at radius 2 is 2.29 bits per heavy atom. The van der Waals surface area contributed by atoms with Gasteiger partial charge in [-0.3, -0.25) is 14.7 Å². The Morgan fingerprint density at radius 1 is 1.53 bits per heavy atom. The summed E-state index contributed by atoms with van der Waals surface area (Å²) in [5.74, 6) is -1.24. The van der Waals surface area contributed by atoms with Crippen LogP contribution in [0.2, 0.25) is 0 Å². The number of carboxylic acid groups (broad SMARTS) is 1. The molecule has 0 amide bonds. The number of nitrogens with zero attached hydrogens (tertiary/aromatic N) is 4. The van der Waals surface area contributed by atoms with Crippen LogP contribution in [0.25, 0.3) is 5.82 Å². The third-order valence-electron chi connectivity index (χ3n) is 2.04. The summed E-state index contributed by atoms with van der Waals surface area (Å²) >= 11 is 0. The Hall–Kier alpha value is -2.77. The summed E-state index contributed by atoms with van der Waals surface area (Å²) in [6, 6.07) is 0.963. The predicted octanol–water partition coefficient (Wildman–Crippen LogP) is 0.874. The number of rotatable bonds is 3. The Kier molecular flexibility index (Phi) is 2.53. The van der Waals surface area contributed by atoms with Gasteiger partial charge in [0.05, 0.1) is 10.5 Å². The number of imidazole rings is 1. The highest BCUT2D eigenvalue weighted by Gasteiger charge is 2.19. The van der Waals surface area contributed by atoms with Crippen LogP contribution in [0.1, 0.15) is 10.4 Å². The molecule has 8 nitrogen and oxygen atoms in total. The number of carbonyl (C=O) groups is 1. The Bertz CT molecular complexity index is 579. The molecule has 0 saturated carbocycles. The number of pyridine rings is 1. The lowest BCUT2D eigenvalue weighted by Gasteiger charge is -2.02. The first-order valence-electron chi connectivity index (χ1n) is 4.45. The van der Waals surface area contributed by atoms with Gasteiger partial charge in [0, 0.05) is 24.7 Å². The highest BCUT2D eigenvalue weighted by atomic mass is 16.6. The number of aromatic carboxylic acids is 1. The largest absolute Gasteiger partial charge is 0.478 e. The molecular formula is C9H6N4O4. The monoisotopic (exact) mass is 234 g/mol. The summed E-state index contributed by atoms with van der Waals surface area (Å²) in [5.41, 5.74) is -0.622. The molecule has 0 aliphatic carbocycles. The van der Waals surface area contributed by atoms with Crippen LogP contribution >= 0.6 is 0 Å². The zero-order valence-electron chi connectivity index (χ0n) is 8.35. The molecule has 0 fully saturated rings. The molecule has 0 unspecified atom stereocenters. The third-order valence-corrected chi connectivity index (χ3v) is 2.04. The first-order valence-corrected chi connectivity index (χ1v) is 4.45. The lowest BCUT2D eigenvalue weighted by atomic mass is 10.2. The Morgan fingerprint density at radius 3 is 2.82 bits per heavy atom. The van der Waals surface area contributed by atoms with Crippen LogP contribution < -0.4 is 0 Å². The van der Waals surface area contributed by atoms with Gasteiger partial charge < -0.3 is 5.11 Å². The van der Waals surface area contributed by atoms with Crippen molar-refractivity contribution in [1.82, 2.24) is 14.5 Å². The van der Waals surface area contributed by atoms with E-state index in [1.807, 2.05) is 0 Å². The molecule has 2 heterocycles. The first-order chi connectivity index (χ1) is 8.09. The number of nitro groups is 1. The molecular weight excluding hydrogens is 228 g/mol. The van der Waals surface area contributed by atoms with Crippen molar-refractivity contribution >= 4 is 11.7 Å². The molecule has 1 N–H and O–H groups in total. The van der Waals surface area contributed by atoms with Crippen LogP contribution in [0, 0.1) is 10.1 Å². The molecule has 0 radical (unpaired) electrons. The third kappa shape index (κ3) is 1.95.